The zero-order valence-corrected chi connectivity index (χ0v) is 12.3. The van der Waals surface area contributed by atoms with Crippen LogP contribution in [0.15, 0.2) is 24.3 Å². The molecule has 0 saturated carbocycles. The standard InChI is InChI=1S/C15H21ClN2O/c1-15(2)11-17-9-10-18(15)14(19)8-5-12-3-6-13(16)7-4-12/h3-4,6-7,17H,5,8-11H2,1-2H3. The molecule has 1 fully saturated rings. The van der Waals surface area contributed by atoms with Gasteiger partial charge in [-0.1, -0.05) is 23.7 Å². The summed E-state index contributed by atoms with van der Waals surface area (Å²) in [4.78, 5) is 14.3. The van der Waals surface area contributed by atoms with Gasteiger partial charge in [0, 0.05) is 36.6 Å². The van der Waals surface area contributed by atoms with Crippen LogP contribution in [0.25, 0.3) is 0 Å². The van der Waals surface area contributed by atoms with Crippen LogP contribution >= 0.6 is 11.6 Å². The lowest BCUT2D eigenvalue weighted by Gasteiger charge is -2.43. The van der Waals surface area contributed by atoms with E-state index in [0.29, 0.717) is 6.42 Å². The average Bonchev–Trinajstić information content (AvgIpc) is 2.37. The number of carbonyl (C=O) groups is 1. The maximum Gasteiger partial charge on any atom is 0.223 e. The van der Waals surface area contributed by atoms with Gasteiger partial charge in [0.05, 0.1) is 0 Å². The zero-order chi connectivity index (χ0) is 13.9. The highest BCUT2D eigenvalue weighted by atomic mass is 35.5. The van der Waals surface area contributed by atoms with Crippen LogP contribution in [0.1, 0.15) is 25.8 Å². The van der Waals surface area contributed by atoms with Crippen molar-refractivity contribution in [3.05, 3.63) is 34.9 Å². The first-order valence-corrected chi connectivity index (χ1v) is 7.12. The largest absolute Gasteiger partial charge is 0.335 e. The first-order chi connectivity index (χ1) is 8.99. The number of aryl methyl sites for hydroxylation is 1. The molecule has 0 aliphatic carbocycles. The van der Waals surface area contributed by atoms with E-state index < -0.39 is 0 Å². The zero-order valence-electron chi connectivity index (χ0n) is 11.6. The molecular formula is C15H21ClN2O. The maximum absolute atomic E-state index is 12.3. The molecule has 2 rings (SSSR count). The highest BCUT2D eigenvalue weighted by Gasteiger charge is 2.32. The van der Waals surface area contributed by atoms with Gasteiger partial charge in [-0.3, -0.25) is 4.79 Å². The molecule has 1 N–H and O–H groups in total. The predicted octanol–water partition coefficient (Wildman–Crippen LogP) is 2.48. The Morgan fingerprint density at radius 3 is 2.68 bits per heavy atom. The number of rotatable bonds is 3. The number of halogens is 1. The summed E-state index contributed by atoms with van der Waals surface area (Å²) < 4.78 is 0. The summed E-state index contributed by atoms with van der Waals surface area (Å²) in [6.45, 7) is 6.76. The molecule has 1 aromatic carbocycles. The number of hydrogen-bond donors (Lipinski definition) is 1. The van der Waals surface area contributed by atoms with Gasteiger partial charge in [-0.25, -0.2) is 0 Å². The number of amides is 1. The molecule has 4 heteroatoms. The summed E-state index contributed by atoms with van der Waals surface area (Å²) in [5.41, 5.74) is 1.07. The Balaban J connectivity index is 1.92. The Morgan fingerprint density at radius 2 is 2.05 bits per heavy atom. The van der Waals surface area contributed by atoms with Crippen molar-refractivity contribution in [2.24, 2.45) is 0 Å². The number of benzene rings is 1. The summed E-state index contributed by atoms with van der Waals surface area (Å²) in [6.07, 6.45) is 1.33. The third-order valence-electron chi connectivity index (χ3n) is 3.64. The van der Waals surface area contributed by atoms with E-state index in [9.17, 15) is 4.79 Å². The molecule has 104 valence electrons. The molecule has 1 aliphatic rings. The van der Waals surface area contributed by atoms with Crippen molar-refractivity contribution in [2.45, 2.75) is 32.2 Å². The first-order valence-electron chi connectivity index (χ1n) is 6.75. The lowest BCUT2D eigenvalue weighted by Crippen LogP contribution is -2.59. The third kappa shape index (κ3) is 3.71. The van der Waals surface area contributed by atoms with Gasteiger partial charge in [-0.05, 0) is 38.0 Å². The fraction of sp³-hybridized carbons (Fsp3) is 0.533. The Hall–Kier alpha value is -1.06. The van der Waals surface area contributed by atoms with Crippen LogP contribution in [0, 0.1) is 0 Å². The Kier molecular flexibility index (Phi) is 4.48. The van der Waals surface area contributed by atoms with Crippen LogP contribution in [-0.2, 0) is 11.2 Å². The summed E-state index contributed by atoms with van der Waals surface area (Å²) in [6, 6.07) is 7.71. The number of hydrogen-bond acceptors (Lipinski definition) is 2. The summed E-state index contributed by atoms with van der Waals surface area (Å²) >= 11 is 5.85. The molecular weight excluding hydrogens is 260 g/mol. The van der Waals surface area contributed by atoms with Crippen LogP contribution in [0.3, 0.4) is 0 Å². The second kappa shape index (κ2) is 5.93. The van der Waals surface area contributed by atoms with Crippen LogP contribution in [0.4, 0.5) is 0 Å². The molecule has 0 bridgehead atoms. The second-order valence-corrected chi connectivity index (χ2v) is 6.10. The molecule has 0 unspecified atom stereocenters. The average molecular weight is 281 g/mol. The molecule has 1 amide bonds. The Morgan fingerprint density at radius 1 is 1.37 bits per heavy atom. The topological polar surface area (TPSA) is 32.3 Å². The van der Waals surface area contributed by atoms with E-state index in [1.807, 2.05) is 29.2 Å². The summed E-state index contributed by atoms with van der Waals surface area (Å²) in [5, 5.41) is 4.07. The minimum Gasteiger partial charge on any atom is -0.335 e. The van der Waals surface area contributed by atoms with Gasteiger partial charge in [-0.15, -0.1) is 0 Å². The van der Waals surface area contributed by atoms with Crippen LogP contribution in [0.5, 0.6) is 0 Å². The van der Waals surface area contributed by atoms with Gasteiger partial charge in [-0.2, -0.15) is 0 Å². The van der Waals surface area contributed by atoms with Crippen LogP contribution in [-0.4, -0.2) is 36.0 Å². The third-order valence-corrected chi connectivity index (χ3v) is 3.89. The highest BCUT2D eigenvalue weighted by Crippen LogP contribution is 2.18. The van der Waals surface area contributed by atoms with Crippen LogP contribution in [0.2, 0.25) is 5.02 Å². The minimum atomic E-state index is -0.0880. The van der Waals surface area contributed by atoms with Crippen molar-refractivity contribution < 1.29 is 4.79 Å². The van der Waals surface area contributed by atoms with E-state index in [1.165, 1.54) is 0 Å². The lowest BCUT2D eigenvalue weighted by atomic mass is 9.99. The van der Waals surface area contributed by atoms with E-state index in [4.69, 9.17) is 11.6 Å². The first kappa shape index (κ1) is 14.4. The predicted molar refractivity (Wildman–Crippen MR) is 78.4 cm³/mol. The highest BCUT2D eigenvalue weighted by molar-refractivity contribution is 6.30. The fourth-order valence-corrected chi connectivity index (χ4v) is 2.61. The van der Waals surface area contributed by atoms with Crippen LogP contribution < -0.4 is 5.32 Å². The maximum atomic E-state index is 12.3. The molecule has 1 heterocycles. The molecule has 0 atom stereocenters. The quantitative estimate of drug-likeness (QED) is 0.923. The number of nitrogens with zero attached hydrogens (tertiary/aromatic N) is 1. The molecule has 0 radical (unpaired) electrons. The van der Waals surface area contributed by atoms with Crippen molar-refractivity contribution >= 4 is 17.5 Å². The van der Waals surface area contributed by atoms with E-state index >= 15 is 0 Å². The molecule has 1 saturated heterocycles. The molecule has 3 nitrogen and oxygen atoms in total. The summed E-state index contributed by atoms with van der Waals surface area (Å²) in [5.74, 6) is 0.237. The lowest BCUT2D eigenvalue weighted by molar-refractivity contribution is -0.137. The van der Waals surface area contributed by atoms with Gasteiger partial charge < -0.3 is 10.2 Å². The van der Waals surface area contributed by atoms with E-state index in [1.54, 1.807) is 0 Å². The minimum absolute atomic E-state index is 0.0880. The van der Waals surface area contributed by atoms with Gasteiger partial charge in [0.15, 0.2) is 0 Å². The van der Waals surface area contributed by atoms with Crippen molar-refractivity contribution in [1.29, 1.82) is 0 Å². The second-order valence-electron chi connectivity index (χ2n) is 5.66. The number of carbonyl (C=O) groups excluding carboxylic acids is 1. The number of nitrogens with one attached hydrogen (secondary N) is 1. The number of piperazine rings is 1. The smallest absolute Gasteiger partial charge is 0.223 e. The monoisotopic (exact) mass is 280 g/mol. The van der Waals surface area contributed by atoms with Crippen molar-refractivity contribution in [1.82, 2.24) is 10.2 Å². The molecule has 0 spiro atoms. The van der Waals surface area contributed by atoms with E-state index in [0.717, 1.165) is 36.6 Å². The normalized spacial score (nSPS) is 18.4. The molecule has 1 aliphatic heterocycles. The SMILES string of the molecule is CC1(C)CNCCN1C(=O)CCc1ccc(Cl)cc1. The van der Waals surface area contributed by atoms with Gasteiger partial charge >= 0.3 is 0 Å². The molecule has 0 aromatic heterocycles. The fourth-order valence-electron chi connectivity index (χ4n) is 2.48. The van der Waals surface area contributed by atoms with E-state index in [2.05, 4.69) is 19.2 Å². The van der Waals surface area contributed by atoms with Gasteiger partial charge in [0.25, 0.3) is 0 Å². The Labute approximate surface area is 119 Å². The molecule has 19 heavy (non-hydrogen) atoms. The van der Waals surface area contributed by atoms with E-state index in [-0.39, 0.29) is 11.4 Å². The summed E-state index contributed by atoms with van der Waals surface area (Å²) in [7, 11) is 0. The Bertz CT molecular complexity index is 442. The molecule has 1 aromatic rings. The van der Waals surface area contributed by atoms with Gasteiger partial charge in [0.1, 0.15) is 0 Å². The van der Waals surface area contributed by atoms with Crippen molar-refractivity contribution in [3.63, 3.8) is 0 Å². The van der Waals surface area contributed by atoms with Crippen molar-refractivity contribution in [3.8, 4) is 0 Å². The van der Waals surface area contributed by atoms with Crippen molar-refractivity contribution in [2.75, 3.05) is 19.6 Å². The van der Waals surface area contributed by atoms with Gasteiger partial charge in [0.2, 0.25) is 5.91 Å².